The van der Waals surface area contributed by atoms with Crippen LogP contribution in [0.3, 0.4) is 0 Å². The number of para-hydroxylation sites is 1. The number of aryl methyl sites for hydroxylation is 1. The zero-order valence-electron chi connectivity index (χ0n) is 14.6. The third-order valence-corrected chi connectivity index (χ3v) is 6.59. The molecule has 0 saturated heterocycles. The number of nitrogens with zero attached hydrogens (tertiary/aromatic N) is 2. The maximum absolute atomic E-state index is 13.2. The summed E-state index contributed by atoms with van der Waals surface area (Å²) in [5, 5.41) is 0.970. The summed E-state index contributed by atoms with van der Waals surface area (Å²) in [6.45, 7) is 1.90. The molecule has 8 heteroatoms. The Labute approximate surface area is 175 Å². The lowest BCUT2D eigenvalue weighted by Gasteiger charge is -2.07. The first-order valence-corrected chi connectivity index (χ1v) is 10.9. The lowest BCUT2D eigenvalue weighted by atomic mass is 10.2. The summed E-state index contributed by atoms with van der Waals surface area (Å²) < 4.78 is 34.2. The van der Waals surface area contributed by atoms with Crippen molar-refractivity contribution < 1.29 is 13.2 Å². The number of pyridine rings is 1. The van der Waals surface area contributed by atoms with Gasteiger partial charge in [0.15, 0.2) is 11.4 Å². The molecule has 0 atom stereocenters. The predicted molar refractivity (Wildman–Crippen MR) is 113 cm³/mol. The number of benzene rings is 2. The minimum atomic E-state index is -3.85. The lowest BCUT2D eigenvalue weighted by molar-refractivity contribution is 0.487. The van der Waals surface area contributed by atoms with Crippen LogP contribution in [0, 0.1) is 6.92 Å². The van der Waals surface area contributed by atoms with Crippen molar-refractivity contribution in [3.63, 3.8) is 0 Å². The van der Waals surface area contributed by atoms with Crippen LogP contribution in [0.25, 0.3) is 11.0 Å². The quantitative estimate of drug-likeness (QED) is 0.373. The molecule has 0 unspecified atom stereocenters. The van der Waals surface area contributed by atoms with Gasteiger partial charge in [0.2, 0.25) is 0 Å². The molecule has 0 N–H and O–H groups in total. The van der Waals surface area contributed by atoms with Crippen molar-refractivity contribution in [3.05, 3.63) is 82.0 Å². The van der Waals surface area contributed by atoms with Crippen molar-refractivity contribution in [1.29, 1.82) is 0 Å². The molecular weight excluding hydrogens is 464 g/mol. The van der Waals surface area contributed by atoms with Gasteiger partial charge >= 0.3 is 0 Å². The first-order chi connectivity index (χ1) is 13.4. The van der Waals surface area contributed by atoms with E-state index >= 15 is 0 Å². The summed E-state index contributed by atoms with van der Waals surface area (Å²) in [6.07, 6.45) is 2.96. The van der Waals surface area contributed by atoms with E-state index < -0.39 is 10.0 Å². The maximum atomic E-state index is 13.2. The highest BCUT2D eigenvalue weighted by Gasteiger charge is 2.23. The Morgan fingerprint density at radius 3 is 2.50 bits per heavy atom. The predicted octanol–water partition coefficient (Wildman–Crippen LogP) is 5.79. The number of ether oxygens (including phenoxy) is 1. The van der Waals surface area contributed by atoms with Gasteiger partial charge in [-0.3, -0.25) is 0 Å². The minimum Gasteiger partial charge on any atom is -0.453 e. The second-order valence-corrected chi connectivity index (χ2v) is 9.30. The van der Waals surface area contributed by atoms with Gasteiger partial charge in [-0.1, -0.05) is 41.4 Å². The van der Waals surface area contributed by atoms with E-state index in [1.54, 1.807) is 60.8 Å². The Hall–Kier alpha value is -2.35. The fourth-order valence-corrected chi connectivity index (χ4v) is 4.58. The van der Waals surface area contributed by atoms with Crippen molar-refractivity contribution in [1.82, 2.24) is 8.96 Å². The molecule has 2 heterocycles. The number of halogens is 2. The average molecular weight is 478 g/mol. The molecule has 4 rings (SSSR count). The number of rotatable bonds is 4. The average Bonchev–Trinajstić information content (AvgIpc) is 3.02. The van der Waals surface area contributed by atoms with E-state index in [-0.39, 0.29) is 10.5 Å². The Bertz CT molecular complexity index is 1280. The molecule has 0 amide bonds. The summed E-state index contributed by atoms with van der Waals surface area (Å²) in [5.41, 5.74) is 1.24. The van der Waals surface area contributed by atoms with E-state index in [0.717, 1.165) is 9.54 Å². The highest BCUT2D eigenvalue weighted by molar-refractivity contribution is 9.10. The topological polar surface area (TPSA) is 61.2 Å². The molecule has 0 saturated carbocycles. The summed E-state index contributed by atoms with van der Waals surface area (Å²) in [4.78, 5) is 4.47. The van der Waals surface area contributed by atoms with Gasteiger partial charge in [-0.05, 0) is 53.2 Å². The van der Waals surface area contributed by atoms with E-state index in [9.17, 15) is 8.42 Å². The highest BCUT2D eigenvalue weighted by Crippen LogP contribution is 2.36. The van der Waals surface area contributed by atoms with Crippen molar-refractivity contribution >= 4 is 48.6 Å². The zero-order valence-corrected chi connectivity index (χ0v) is 17.8. The Morgan fingerprint density at radius 2 is 1.79 bits per heavy atom. The van der Waals surface area contributed by atoms with Crippen LogP contribution in [0.1, 0.15) is 5.56 Å². The maximum Gasteiger partial charge on any atom is 0.269 e. The van der Waals surface area contributed by atoms with E-state index in [0.29, 0.717) is 26.4 Å². The molecule has 142 valence electrons. The summed E-state index contributed by atoms with van der Waals surface area (Å²) in [7, 11) is -3.85. The van der Waals surface area contributed by atoms with E-state index in [2.05, 4.69) is 20.9 Å². The second-order valence-electron chi connectivity index (χ2n) is 6.16. The third kappa shape index (κ3) is 3.41. The van der Waals surface area contributed by atoms with Crippen LogP contribution in [-0.2, 0) is 10.0 Å². The molecular formula is C20H14BrClN2O3S. The van der Waals surface area contributed by atoms with Gasteiger partial charge in [-0.2, -0.15) is 0 Å². The Morgan fingerprint density at radius 1 is 1.07 bits per heavy atom. The van der Waals surface area contributed by atoms with Gasteiger partial charge < -0.3 is 4.74 Å². The molecule has 2 aromatic carbocycles. The fourth-order valence-electron chi connectivity index (χ4n) is 2.76. The summed E-state index contributed by atoms with van der Waals surface area (Å²) >= 11 is 9.57. The third-order valence-electron chi connectivity index (χ3n) is 4.18. The molecule has 4 aromatic rings. The number of fused-ring (bicyclic) bond motifs is 1. The number of hydrogen-bond acceptors (Lipinski definition) is 4. The molecule has 0 bridgehead atoms. The molecule has 2 aromatic heterocycles. The van der Waals surface area contributed by atoms with Gasteiger partial charge in [-0.25, -0.2) is 17.4 Å². The van der Waals surface area contributed by atoms with Gasteiger partial charge in [-0.15, -0.1) is 0 Å². The first-order valence-electron chi connectivity index (χ1n) is 8.27. The monoisotopic (exact) mass is 476 g/mol. The summed E-state index contributed by atoms with van der Waals surface area (Å²) in [5.74, 6) is 0.767. The standard InChI is InChI=1S/C20H14BrClN2O3S/c1-13-6-8-15(9-7-13)28(25,26)24-12-19(16-10-14(21)11-23-20(16)24)27-18-5-3-2-4-17(18)22/h2-12H,1H3. The molecule has 5 nitrogen and oxygen atoms in total. The van der Waals surface area contributed by atoms with Crippen LogP contribution in [0.15, 0.2) is 76.4 Å². The van der Waals surface area contributed by atoms with Gasteiger partial charge in [0.1, 0.15) is 5.75 Å². The van der Waals surface area contributed by atoms with Crippen molar-refractivity contribution in [3.8, 4) is 11.5 Å². The molecule has 0 aliphatic carbocycles. The normalized spacial score (nSPS) is 11.7. The molecule has 0 aliphatic rings. The fraction of sp³-hybridized carbons (Fsp3) is 0.0500. The van der Waals surface area contributed by atoms with Crippen LogP contribution in [-0.4, -0.2) is 17.4 Å². The molecule has 0 fully saturated rings. The van der Waals surface area contributed by atoms with Gasteiger partial charge in [0.25, 0.3) is 10.0 Å². The van der Waals surface area contributed by atoms with Crippen molar-refractivity contribution in [2.75, 3.05) is 0 Å². The number of aromatic nitrogens is 2. The second kappa shape index (κ2) is 7.24. The minimum absolute atomic E-state index is 0.170. The molecule has 0 aliphatic heterocycles. The highest BCUT2D eigenvalue weighted by atomic mass is 79.9. The van der Waals surface area contributed by atoms with Crippen molar-refractivity contribution in [2.24, 2.45) is 0 Å². The van der Waals surface area contributed by atoms with Crippen LogP contribution >= 0.6 is 27.5 Å². The number of hydrogen-bond donors (Lipinski definition) is 0. The lowest BCUT2D eigenvalue weighted by Crippen LogP contribution is -2.12. The van der Waals surface area contributed by atoms with Crippen LogP contribution in [0.2, 0.25) is 5.02 Å². The van der Waals surface area contributed by atoms with E-state index in [1.165, 1.54) is 6.20 Å². The van der Waals surface area contributed by atoms with Crippen LogP contribution in [0.5, 0.6) is 11.5 Å². The molecule has 0 spiro atoms. The molecule has 28 heavy (non-hydrogen) atoms. The van der Waals surface area contributed by atoms with Crippen LogP contribution in [0.4, 0.5) is 0 Å². The smallest absolute Gasteiger partial charge is 0.269 e. The Kier molecular flexibility index (Phi) is 4.91. The summed E-state index contributed by atoms with van der Waals surface area (Å²) in [6, 6.07) is 15.4. The first kappa shape index (κ1) is 19.0. The molecule has 0 radical (unpaired) electrons. The SMILES string of the molecule is Cc1ccc(S(=O)(=O)n2cc(Oc3ccccc3Cl)c3cc(Br)cnc32)cc1. The van der Waals surface area contributed by atoms with Gasteiger partial charge in [0, 0.05) is 10.7 Å². The Balaban J connectivity index is 1.90. The zero-order chi connectivity index (χ0) is 19.9. The van der Waals surface area contributed by atoms with Crippen molar-refractivity contribution in [2.45, 2.75) is 11.8 Å². The van der Waals surface area contributed by atoms with E-state index in [1.807, 2.05) is 6.92 Å². The van der Waals surface area contributed by atoms with Crippen LogP contribution < -0.4 is 4.74 Å². The largest absolute Gasteiger partial charge is 0.453 e. The van der Waals surface area contributed by atoms with E-state index in [4.69, 9.17) is 16.3 Å². The van der Waals surface area contributed by atoms with Gasteiger partial charge in [0.05, 0.1) is 21.5 Å².